The zero-order chi connectivity index (χ0) is 26.6. The lowest BCUT2D eigenvalue weighted by atomic mass is 10.0. The van der Waals surface area contributed by atoms with E-state index in [4.69, 9.17) is 4.74 Å². The number of piperazine rings is 1. The van der Waals surface area contributed by atoms with Crippen LogP contribution in [-0.4, -0.2) is 57.0 Å². The fourth-order valence-corrected chi connectivity index (χ4v) is 5.57. The number of nitrogens with zero attached hydrogens (tertiary/aromatic N) is 2. The lowest BCUT2D eigenvalue weighted by Crippen LogP contribution is -2.49. The van der Waals surface area contributed by atoms with Gasteiger partial charge in [-0.25, -0.2) is 17.2 Å². The normalized spacial score (nSPS) is 16.6. The van der Waals surface area contributed by atoms with Gasteiger partial charge in [0.2, 0.25) is 10.0 Å². The molecule has 1 unspecified atom stereocenters. The number of hydrogen-bond donors (Lipinski definition) is 0. The molecule has 3 aromatic carbocycles. The summed E-state index contributed by atoms with van der Waals surface area (Å²) in [5, 5.41) is 0. The van der Waals surface area contributed by atoms with Gasteiger partial charge in [0.25, 0.3) is 0 Å². The number of benzene rings is 3. The van der Waals surface area contributed by atoms with Crippen LogP contribution in [0.15, 0.2) is 77.7 Å². The number of rotatable bonds is 8. The van der Waals surface area contributed by atoms with Crippen LogP contribution in [0, 0.1) is 11.6 Å². The summed E-state index contributed by atoms with van der Waals surface area (Å²) < 4.78 is 98.7. The maximum absolute atomic E-state index is 13.9. The molecular formula is C26H25F5N2O3S. The predicted octanol–water partition coefficient (Wildman–Crippen LogP) is 5.10. The summed E-state index contributed by atoms with van der Waals surface area (Å²) >= 11 is 0. The summed E-state index contributed by atoms with van der Waals surface area (Å²) in [5.41, 5.74) is 0.340. The third kappa shape index (κ3) is 6.53. The first kappa shape index (κ1) is 27.2. The topological polar surface area (TPSA) is 49.9 Å². The summed E-state index contributed by atoms with van der Waals surface area (Å²) in [7, 11) is -3.92. The third-order valence-corrected chi connectivity index (χ3v) is 8.10. The van der Waals surface area contributed by atoms with Crippen molar-refractivity contribution in [1.29, 1.82) is 0 Å². The van der Waals surface area contributed by atoms with Gasteiger partial charge in [0, 0.05) is 32.7 Å². The Bertz CT molecular complexity index is 1290. The molecule has 4 rings (SSSR count). The van der Waals surface area contributed by atoms with Crippen molar-refractivity contribution in [3.05, 3.63) is 101 Å². The van der Waals surface area contributed by atoms with Gasteiger partial charge in [-0.05, 0) is 47.5 Å². The fraction of sp³-hybridized carbons (Fsp3) is 0.308. The highest BCUT2D eigenvalue weighted by Gasteiger charge is 2.32. The molecular weight excluding hydrogens is 515 g/mol. The summed E-state index contributed by atoms with van der Waals surface area (Å²) in [4.78, 5) is 1.82. The molecule has 37 heavy (non-hydrogen) atoms. The van der Waals surface area contributed by atoms with Crippen LogP contribution >= 0.6 is 0 Å². The molecule has 1 saturated heterocycles. The van der Waals surface area contributed by atoms with E-state index in [1.54, 1.807) is 0 Å². The molecule has 0 radical (unpaired) electrons. The molecule has 5 nitrogen and oxygen atoms in total. The van der Waals surface area contributed by atoms with Crippen molar-refractivity contribution in [3.63, 3.8) is 0 Å². The minimum atomic E-state index is -4.54. The van der Waals surface area contributed by atoms with Crippen LogP contribution in [0.2, 0.25) is 0 Å². The minimum absolute atomic E-state index is 0.175. The van der Waals surface area contributed by atoms with E-state index in [2.05, 4.69) is 0 Å². The summed E-state index contributed by atoms with van der Waals surface area (Å²) in [6, 6.07) is 16.2. The van der Waals surface area contributed by atoms with Gasteiger partial charge in [0.1, 0.15) is 6.10 Å². The average molecular weight is 541 g/mol. The molecule has 11 heteroatoms. The fourth-order valence-electron chi connectivity index (χ4n) is 4.15. The molecule has 0 saturated carbocycles. The van der Waals surface area contributed by atoms with Gasteiger partial charge in [-0.15, -0.1) is 0 Å². The monoisotopic (exact) mass is 540 g/mol. The van der Waals surface area contributed by atoms with E-state index in [9.17, 15) is 30.4 Å². The van der Waals surface area contributed by atoms with Crippen molar-refractivity contribution in [2.75, 3.05) is 39.3 Å². The Morgan fingerprint density at radius 3 is 2.05 bits per heavy atom. The van der Waals surface area contributed by atoms with Crippen LogP contribution in [0.5, 0.6) is 0 Å². The van der Waals surface area contributed by atoms with Crippen LogP contribution in [-0.2, 0) is 20.9 Å². The van der Waals surface area contributed by atoms with Crippen molar-refractivity contribution in [3.8, 4) is 0 Å². The molecule has 1 heterocycles. The summed E-state index contributed by atoms with van der Waals surface area (Å²) in [6.45, 7) is 1.89. The van der Waals surface area contributed by atoms with Crippen LogP contribution in [0.3, 0.4) is 0 Å². The highest BCUT2D eigenvalue weighted by molar-refractivity contribution is 7.89. The van der Waals surface area contributed by atoms with Gasteiger partial charge in [-0.3, -0.25) is 4.90 Å². The van der Waals surface area contributed by atoms with E-state index in [0.29, 0.717) is 25.2 Å². The Labute approximate surface area is 212 Å². The van der Waals surface area contributed by atoms with Crippen LogP contribution in [0.4, 0.5) is 22.0 Å². The standard InChI is InChI=1S/C26H25F5N2O3S/c27-23-11-6-20(18-24(23)28)25(19-4-2-1-3-5-19)36-17-16-32-12-14-33(15-13-32)37(34,35)22-9-7-21(8-10-22)26(29,30)31/h1-11,18,25H,12-17H2. The first-order valence-electron chi connectivity index (χ1n) is 11.6. The van der Waals surface area contributed by atoms with E-state index in [1.807, 2.05) is 35.2 Å². The second kappa shape index (κ2) is 11.3. The highest BCUT2D eigenvalue weighted by atomic mass is 32.2. The number of alkyl halides is 3. The first-order valence-corrected chi connectivity index (χ1v) is 13.0. The Morgan fingerprint density at radius 1 is 0.811 bits per heavy atom. The molecule has 0 aromatic heterocycles. The number of ether oxygens (including phenoxy) is 1. The van der Waals surface area contributed by atoms with Gasteiger partial charge < -0.3 is 4.74 Å². The molecule has 0 aliphatic carbocycles. The second-order valence-electron chi connectivity index (χ2n) is 8.60. The molecule has 3 aromatic rings. The van der Waals surface area contributed by atoms with Gasteiger partial charge in [-0.2, -0.15) is 17.5 Å². The van der Waals surface area contributed by atoms with E-state index < -0.39 is 39.5 Å². The van der Waals surface area contributed by atoms with E-state index in [-0.39, 0.29) is 24.6 Å². The van der Waals surface area contributed by atoms with Crippen molar-refractivity contribution in [1.82, 2.24) is 9.21 Å². The zero-order valence-corrected chi connectivity index (χ0v) is 20.5. The quantitative estimate of drug-likeness (QED) is 0.374. The van der Waals surface area contributed by atoms with Crippen LogP contribution in [0.25, 0.3) is 0 Å². The Balaban J connectivity index is 1.34. The predicted molar refractivity (Wildman–Crippen MR) is 127 cm³/mol. The summed E-state index contributed by atoms with van der Waals surface area (Å²) in [6.07, 6.45) is -5.15. The lowest BCUT2D eigenvalue weighted by Gasteiger charge is -2.34. The third-order valence-electron chi connectivity index (χ3n) is 6.19. The van der Waals surface area contributed by atoms with Gasteiger partial charge >= 0.3 is 6.18 Å². The minimum Gasteiger partial charge on any atom is -0.367 e. The highest BCUT2D eigenvalue weighted by Crippen LogP contribution is 2.30. The number of sulfonamides is 1. The molecule has 198 valence electrons. The molecule has 0 spiro atoms. The van der Waals surface area contributed by atoms with E-state index in [0.717, 1.165) is 42.0 Å². The molecule has 1 fully saturated rings. The molecule has 0 N–H and O–H groups in total. The van der Waals surface area contributed by atoms with E-state index in [1.165, 1.54) is 10.4 Å². The molecule has 1 aliphatic heterocycles. The average Bonchev–Trinajstić information content (AvgIpc) is 2.89. The molecule has 1 aliphatic rings. The van der Waals surface area contributed by atoms with Crippen molar-refractivity contribution in [2.45, 2.75) is 17.2 Å². The van der Waals surface area contributed by atoms with Gasteiger partial charge in [0.15, 0.2) is 11.6 Å². The smallest absolute Gasteiger partial charge is 0.367 e. The van der Waals surface area contributed by atoms with Gasteiger partial charge in [0.05, 0.1) is 17.1 Å². The SMILES string of the molecule is O=S(=O)(c1ccc(C(F)(F)F)cc1)N1CCN(CCOC(c2ccccc2)c2ccc(F)c(F)c2)CC1. The number of halogens is 5. The molecule has 0 amide bonds. The van der Waals surface area contributed by atoms with Crippen molar-refractivity contribution in [2.24, 2.45) is 0 Å². The van der Waals surface area contributed by atoms with Crippen LogP contribution in [0.1, 0.15) is 22.8 Å². The Morgan fingerprint density at radius 2 is 1.46 bits per heavy atom. The molecule has 1 atom stereocenters. The zero-order valence-electron chi connectivity index (χ0n) is 19.7. The van der Waals surface area contributed by atoms with Crippen LogP contribution < -0.4 is 0 Å². The molecule has 0 bridgehead atoms. The summed E-state index contributed by atoms with van der Waals surface area (Å²) in [5.74, 6) is -1.91. The number of hydrogen-bond acceptors (Lipinski definition) is 4. The van der Waals surface area contributed by atoms with Gasteiger partial charge in [-0.1, -0.05) is 36.4 Å². The first-order chi connectivity index (χ1) is 17.6. The lowest BCUT2D eigenvalue weighted by molar-refractivity contribution is -0.137. The maximum atomic E-state index is 13.9. The second-order valence-corrected chi connectivity index (χ2v) is 10.5. The Hall–Kier alpha value is -2.86. The maximum Gasteiger partial charge on any atom is 0.416 e. The largest absolute Gasteiger partial charge is 0.416 e. The van der Waals surface area contributed by atoms with E-state index >= 15 is 0 Å². The van der Waals surface area contributed by atoms with Crippen molar-refractivity contribution < 1.29 is 35.1 Å². The Kier molecular flexibility index (Phi) is 8.27. The van der Waals surface area contributed by atoms with Crippen molar-refractivity contribution >= 4 is 10.0 Å².